The van der Waals surface area contributed by atoms with Gasteiger partial charge in [0.1, 0.15) is 18.1 Å². The maximum Gasteiger partial charge on any atom is 0.174 e. The standard InChI is InChI=1S/C13H13N3O2/c14-6-8-17-13-4-2-1-3-11(13)9-15-10-12-5-7-18-16-12/h1-5,7,15H,8-10H2. The fraction of sp³-hybridized carbons (Fsp3) is 0.231. The number of nitriles is 1. The zero-order valence-electron chi connectivity index (χ0n) is 9.80. The number of para-hydroxylation sites is 1. The van der Waals surface area contributed by atoms with Gasteiger partial charge in [0, 0.05) is 24.7 Å². The van der Waals surface area contributed by atoms with Gasteiger partial charge in [-0.1, -0.05) is 23.4 Å². The van der Waals surface area contributed by atoms with Crippen LogP contribution in [0, 0.1) is 11.3 Å². The van der Waals surface area contributed by atoms with E-state index in [1.165, 1.54) is 0 Å². The normalized spacial score (nSPS) is 9.94. The molecule has 0 aliphatic heterocycles. The summed E-state index contributed by atoms with van der Waals surface area (Å²) in [5, 5.41) is 15.6. The van der Waals surface area contributed by atoms with Gasteiger partial charge in [-0.2, -0.15) is 5.26 Å². The van der Waals surface area contributed by atoms with Gasteiger partial charge in [-0.05, 0) is 6.07 Å². The first-order valence-electron chi connectivity index (χ1n) is 5.58. The molecule has 0 unspecified atom stereocenters. The molecule has 0 fully saturated rings. The minimum atomic E-state index is 0.0559. The summed E-state index contributed by atoms with van der Waals surface area (Å²) in [5.41, 5.74) is 1.86. The second-order valence-electron chi connectivity index (χ2n) is 3.65. The number of hydrogen-bond acceptors (Lipinski definition) is 5. The van der Waals surface area contributed by atoms with E-state index in [2.05, 4.69) is 10.5 Å². The van der Waals surface area contributed by atoms with Crippen molar-refractivity contribution in [3.63, 3.8) is 0 Å². The molecule has 0 aliphatic rings. The van der Waals surface area contributed by atoms with E-state index in [1.807, 2.05) is 36.4 Å². The van der Waals surface area contributed by atoms with Crippen molar-refractivity contribution in [2.24, 2.45) is 0 Å². The fourth-order valence-electron chi connectivity index (χ4n) is 1.55. The number of hydrogen-bond donors (Lipinski definition) is 1. The molecule has 0 aliphatic carbocycles. The molecule has 2 rings (SSSR count). The van der Waals surface area contributed by atoms with Crippen LogP contribution in [0.25, 0.3) is 0 Å². The summed E-state index contributed by atoms with van der Waals surface area (Å²) in [6.07, 6.45) is 1.54. The van der Waals surface area contributed by atoms with Crippen molar-refractivity contribution in [3.05, 3.63) is 47.9 Å². The maximum atomic E-state index is 8.51. The zero-order chi connectivity index (χ0) is 12.6. The van der Waals surface area contributed by atoms with Crippen LogP contribution in [0.1, 0.15) is 11.3 Å². The first-order chi connectivity index (χ1) is 8.90. The van der Waals surface area contributed by atoms with Crippen molar-refractivity contribution < 1.29 is 9.26 Å². The number of nitrogens with one attached hydrogen (secondary N) is 1. The number of rotatable bonds is 6. The van der Waals surface area contributed by atoms with Crippen molar-refractivity contribution in [1.29, 1.82) is 5.26 Å². The Labute approximate surface area is 105 Å². The molecule has 1 aromatic carbocycles. The predicted molar refractivity (Wildman–Crippen MR) is 64.6 cm³/mol. The van der Waals surface area contributed by atoms with Crippen LogP contribution < -0.4 is 10.1 Å². The van der Waals surface area contributed by atoms with Crippen LogP contribution in [0.5, 0.6) is 5.75 Å². The quantitative estimate of drug-likeness (QED) is 0.838. The largest absolute Gasteiger partial charge is 0.478 e. The van der Waals surface area contributed by atoms with Crippen molar-refractivity contribution in [2.45, 2.75) is 13.1 Å². The summed E-state index contributed by atoms with van der Waals surface area (Å²) in [7, 11) is 0. The van der Waals surface area contributed by atoms with E-state index in [0.717, 1.165) is 17.0 Å². The molecule has 5 heteroatoms. The Morgan fingerprint density at radius 3 is 2.94 bits per heavy atom. The third kappa shape index (κ3) is 3.34. The van der Waals surface area contributed by atoms with Crippen molar-refractivity contribution in [1.82, 2.24) is 10.5 Å². The first-order valence-corrected chi connectivity index (χ1v) is 5.58. The summed E-state index contributed by atoms with van der Waals surface area (Å²) < 4.78 is 10.1. The van der Waals surface area contributed by atoms with Crippen LogP contribution in [0.2, 0.25) is 0 Å². The van der Waals surface area contributed by atoms with Gasteiger partial charge in [-0.3, -0.25) is 0 Å². The van der Waals surface area contributed by atoms with E-state index in [1.54, 1.807) is 6.26 Å². The van der Waals surface area contributed by atoms with Gasteiger partial charge in [-0.15, -0.1) is 0 Å². The van der Waals surface area contributed by atoms with Crippen LogP contribution in [0.15, 0.2) is 41.1 Å². The summed E-state index contributed by atoms with van der Waals surface area (Å²) in [5.74, 6) is 0.728. The third-order valence-corrected chi connectivity index (χ3v) is 2.38. The molecular weight excluding hydrogens is 230 g/mol. The van der Waals surface area contributed by atoms with E-state index < -0.39 is 0 Å². The Morgan fingerprint density at radius 1 is 1.28 bits per heavy atom. The minimum Gasteiger partial charge on any atom is -0.478 e. The zero-order valence-corrected chi connectivity index (χ0v) is 9.80. The number of ether oxygens (including phenoxy) is 1. The van der Waals surface area contributed by atoms with E-state index in [0.29, 0.717) is 13.1 Å². The molecular formula is C13H13N3O2. The molecule has 92 valence electrons. The molecule has 0 radical (unpaired) electrons. The second-order valence-corrected chi connectivity index (χ2v) is 3.65. The van der Waals surface area contributed by atoms with Crippen LogP contribution in [-0.2, 0) is 13.1 Å². The third-order valence-electron chi connectivity index (χ3n) is 2.38. The van der Waals surface area contributed by atoms with E-state index in [9.17, 15) is 0 Å². The van der Waals surface area contributed by atoms with E-state index in [4.69, 9.17) is 14.5 Å². The van der Waals surface area contributed by atoms with Gasteiger partial charge >= 0.3 is 0 Å². The Bertz CT molecular complexity index is 517. The fourth-order valence-corrected chi connectivity index (χ4v) is 1.55. The van der Waals surface area contributed by atoms with Gasteiger partial charge in [0.15, 0.2) is 6.61 Å². The molecule has 18 heavy (non-hydrogen) atoms. The van der Waals surface area contributed by atoms with Crippen LogP contribution in [-0.4, -0.2) is 11.8 Å². The Hall–Kier alpha value is -2.32. The van der Waals surface area contributed by atoms with E-state index >= 15 is 0 Å². The van der Waals surface area contributed by atoms with Gasteiger partial charge in [0.25, 0.3) is 0 Å². The molecule has 5 nitrogen and oxygen atoms in total. The highest BCUT2D eigenvalue weighted by molar-refractivity contribution is 5.33. The van der Waals surface area contributed by atoms with Crippen LogP contribution in [0.3, 0.4) is 0 Å². The van der Waals surface area contributed by atoms with Crippen molar-refractivity contribution in [2.75, 3.05) is 6.61 Å². The first kappa shape index (κ1) is 12.1. The second kappa shape index (κ2) is 6.42. The highest BCUT2D eigenvalue weighted by Gasteiger charge is 2.03. The monoisotopic (exact) mass is 243 g/mol. The molecule has 0 bridgehead atoms. The molecule has 1 aromatic heterocycles. The molecule has 0 spiro atoms. The van der Waals surface area contributed by atoms with Gasteiger partial charge in [0.05, 0.1) is 5.69 Å². The molecule has 0 saturated heterocycles. The average molecular weight is 243 g/mol. The lowest BCUT2D eigenvalue weighted by Gasteiger charge is -2.09. The lowest BCUT2D eigenvalue weighted by atomic mass is 10.2. The van der Waals surface area contributed by atoms with Crippen LogP contribution >= 0.6 is 0 Å². The number of benzene rings is 1. The predicted octanol–water partition coefficient (Wildman–Crippen LogP) is 1.87. The van der Waals surface area contributed by atoms with Crippen molar-refractivity contribution in [3.8, 4) is 11.8 Å². The minimum absolute atomic E-state index is 0.0559. The van der Waals surface area contributed by atoms with Gasteiger partial charge < -0.3 is 14.6 Å². The summed E-state index contributed by atoms with van der Waals surface area (Å²) in [4.78, 5) is 0. The number of nitrogens with zero attached hydrogens (tertiary/aromatic N) is 2. The molecule has 1 heterocycles. The lowest BCUT2D eigenvalue weighted by molar-refractivity contribution is 0.362. The summed E-state index contributed by atoms with van der Waals surface area (Å²) in [6.45, 7) is 1.33. The summed E-state index contributed by atoms with van der Waals surface area (Å²) >= 11 is 0. The molecule has 1 N–H and O–H groups in total. The molecule has 0 atom stereocenters. The lowest BCUT2D eigenvalue weighted by Crippen LogP contribution is -2.13. The molecule has 0 saturated carbocycles. The molecule has 2 aromatic rings. The van der Waals surface area contributed by atoms with Crippen molar-refractivity contribution >= 4 is 0 Å². The average Bonchev–Trinajstić information content (AvgIpc) is 2.91. The smallest absolute Gasteiger partial charge is 0.174 e. The van der Waals surface area contributed by atoms with E-state index in [-0.39, 0.29) is 6.61 Å². The Kier molecular flexibility index (Phi) is 4.33. The maximum absolute atomic E-state index is 8.51. The number of aromatic nitrogens is 1. The summed E-state index contributed by atoms with van der Waals surface area (Å²) in [6, 6.07) is 11.4. The molecule has 0 amide bonds. The SMILES string of the molecule is N#CCOc1ccccc1CNCc1ccon1. The van der Waals surface area contributed by atoms with Gasteiger partial charge in [0.2, 0.25) is 0 Å². The Morgan fingerprint density at radius 2 is 2.17 bits per heavy atom. The highest BCUT2D eigenvalue weighted by atomic mass is 16.5. The van der Waals surface area contributed by atoms with Crippen LogP contribution in [0.4, 0.5) is 0 Å². The Balaban J connectivity index is 1.90. The van der Waals surface area contributed by atoms with Gasteiger partial charge in [-0.25, -0.2) is 0 Å². The topological polar surface area (TPSA) is 71.1 Å². The highest BCUT2D eigenvalue weighted by Crippen LogP contribution is 2.17.